The van der Waals surface area contributed by atoms with Crippen LogP contribution in [0.3, 0.4) is 0 Å². The predicted octanol–water partition coefficient (Wildman–Crippen LogP) is 0.332. The monoisotopic (exact) mass is 310 g/mol. The highest BCUT2D eigenvalue weighted by molar-refractivity contribution is 7.89. The van der Waals surface area contributed by atoms with E-state index >= 15 is 0 Å². The lowest BCUT2D eigenvalue weighted by atomic mass is 10.2. The van der Waals surface area contributed by atoms with E-state index in [1.54, 1.807) is 19.9 Å². The van der Waals surface area contributed by atoms with Crippen molar-refractivity contribution in [3.05, 3.63) is 23.8 Å². The zero-order valence-electron chi connectivity index (χ0n) is 12.0. The molecule has 1 rings (SSSR count). The SMILES string of the molecule is CC(C)NC(=O)C(C)NS(=O)(=O)c1ccc(N)cc1C#N. The molecule has 0 saturated heterocycles. The summed E-state index contributed by atoms with van der Waals surface area (Å²) < 4.78 is 26.7. The molecule has 0 aliphatic rings. The Morgan fingerprint density at radius 3 is 2.48 bits per heavy atom. The van der Waals surface area contributed by atoms with Gasteiger partial charge in [0, 0.05) is 11.7 Å². The number of carbonyl (C=O) groups is 1. The van der Waals surface area contributed by atoms with Crippen LogP contribution in [0, 0.1) is 11.3 Å². The maximum atomic E-state index is 12.2. The fraction of sp³-hybridized carbons (Fsp3) is 0.385. The second-order valence-electron chi connectivity index (χ2n) is 4.87. The van der Waals surface area contributed by atoms with Crippen molar-refractivity contribution >= 4 is 21.6 Å². The third-order valence-corrected chi connectivity index (χ3v) is 4.17. The summed E-state index contributed by atoms with van der Waals surface area (Å²) in [6.45, 7) is 4.97. The van der Waals surface area contributed by atoms with Crippen LogP contribution in [-0.2, 0) is 14.8 Å². The summed E-state index contributed by atoms with van der Waals surface area (Å²) in [6.07, 6.45) is 0. The van der Waals surface area contributed by atoms with Crippen LogP contribution in [0.1, 0.15) is 26.3 Å². The van der Waals surface area contributed by atoms with Gasteiger partial charge in [-0.15, -0.1) is 0 Å². The van der Waals surface area contributed by atoms with Gasteiger partial charge in [-0.1, -0.05) is 0 Å². The van der Waals surface area contributed by atoms with Crippen molar-refractivity contribution in [1.82, 2.24) is 10.0 Å². The van der Waals surface area contributed by atoms with E-state index in [1.165, 1.54) is 25.1 Å². The highest BCUT2D eigenvalue weighted by atomic mass is 32.2. The maximum absolute atomic E-state index is 12.2. The first-order valence-electron chi connectivity index (χ1n) is 6.29. The molecule has 0 heterocycles. The van der Waals surface area contributed by atoms with Crippen LogP contribution >= 0.6 is 0 Å². The average molecular weight is 310 g/mol. The number of rotatable bonds is 5. The molecule has 1 amide bonds. The Balaban J connectivity index is 3.03. The van der Waals surface area contributed by atoms with Crippen molar-refractivity contribution in [2.24, 2.45) is 0 Å². The van der Waals surface area contributed by atoms with E-state index in [4.69, 9.17) is 11.0 Å². The summed E-state index contributed by atoms with van der Waals surface area (Å²) >= 11 is 0. The third kappa shape index (κ3) is 4.44. The first kappa shape index (κ1) is 16.9. The molecular weight excluding hydrogens is 292 g/mol. The van der Waals surface area contributed by atoms with E-state index in [0.29, 0.717) is 0 Å². The Hall–Kier alpha value is -2.11. The van der Waals surface area contributed by atoms with Crippen molar-refractivity contribution < 1.29 is 13.2 Å². The summed E-state index contributed by atoms with van der Waals surface area (Å²) in [4.78, 5) is 11.5. The van der Waals surface area contributed by atoms with E-state index in [0.717, 1.165) is 0 Å². The molecule has 8 heteroatoms. The minimum Gasteiger partial charge on any atom is -0.399 e. The summed E-state index contributed by atoms with van der Waals surface area (Å²) in [5, 5.41) is 11.6. The number of amides is 1. The van der Waals surface area contributed by atoms with Crippen molar-refractivity contribution in [3.63, 3.8) is 0 Å². The topological polar surface area (TPSA) is 125 Å². The quantitative estimate of drug-likeness (QED) is 0.676. The molecule has 7 nitrogen and oxygen atoms in total. The molecule has 114 valence electrons. The van der Waals surface area contributed by atoms with Gasteiger partial charge in [-0.3, -0.25) is 4.79 Å². The molecule has 0 bridgehead atoms. The summed E-state index contributed by atoms with van der Waals surface area (Å²) in [5.41, 5.74) is 5.74. The van der Waals surface area contributed by atoms with E-state index in [2.05, 4.69) is 10.0 Å². The Kier molecular flexibility index (Phi) is 5.29. The minimum absolute atomic E-state index is 0.0704. The van der Waals surface area contributed by atoms with Crippen LogP contribution in [0.5, 0.6) is 0 Å². The predicted molar refractivity (Wildman–Crippen MR) is 78.6 cm³/mol. The number of nitrogen functional groups attached to an aromatic ring is 1. The van der Waals surface area contributed by atoms with Gasteiger partial charge in [-0.25, -0.2) is 8.42 Å². The Morgan fingerprint density at radius 2 is 1.95 bits per heavy atom. The van der Waals surface area contributed by atoms with Crippen LogP contribution < -0.4 is 15.8 Å². The molecule has 0 fully saturated rings. The molecule has 0 aliphatic heterocycles. The lowest BCUT2D eigenvalue weighted by molar-refractivity contribution is -0.122. The molecular formula is C13H18N4O3S. The molecule has 1 aromatic carbocycles. The number of benzene rings is 1. The van der Waals surface area contributed by atoms with Crippen LogP contribution in [0.25, 0.3) is 0 Å². The van der Waals surface area contributed by atoms with E-state index in [9.17, 15) is 13.2 Å². The third-order valence-electron chi connectivity index (χ3n) is 2.57. The summed E-state index contributed by atoms with van der Waals surface area (Å²) in [7, 11) is -3.99. The molecule has 1 aromatic rings. The molecule has 4 N–H and O–H groups in total. The van der Waals surface area contributed by atoms with Gasteiger partial charge in [-0.05, 0) is 39.0 Å². The van der Waals surface area contributed by atoms with Crippen molar-refractivity contribution in [2.75, 3.05) is 5.73 Å². The highest BCUT2D eigenvalue weighted by Gasteiger charge is 2.24. The summed E-state index contributed by atoms with van der Waals surface area (Å²) in [6, 6.07) is 4.61. The standard InChI is InChI=1S/C13H18N4O3S/c1-8(2)16-13(18)9(3)17-21(19,20)12-5-4-11(15)6-10(12)7-14/h4-6,8-9,17H,15H2,1-3H3,(H,16,18). The first-order chi connectivity index (χ1) is 9.67. The zero-order chi connectivity index (χ0) is 16.2. The van der Waals surface area contributed by atoms with Gasteiger partial charge in [0.05, 0.1) is 16.5 Å². The van der Waals surface area contributed by atoms with Gasteiger partial charge < -0.3 is 11.1 Å². The van der Waals surface area contributed by atoms with Crippen molar-refractivity contribution in [2.45, 2.75) is 37.8 Å². The maximum Gasteiger partial charge on any atom is 0.242 e. The molecule has 21 heavy (non-hydrogen) atoms. The smallest absolute Gasteiger partial charge is 0.242 e. The van der Waals surface area contributed by atoms with Gasteiger partial charge in [0.25, 0.3) is 0 Å². The highest BCUT2D eigenvalue weighted by Crippen LogP contribution is 2.18. The zero-order valence-corrected chi connectivity index (χ0v) is 12.9. The molecule has 0 spiro atoms. The van der Waals surface area contributed by atoms with Gasteiger partial charge >= 0.3 is 0 Å². The second kappa shape index (κ2) is 6.56. The number of nitrogens with one attached hydrogen (secondary N) is 2. The largest absolute Gasteiger partial charge is 0.399 e. The average Bonchev–Trinajstić information content (AvgIpc) is 2.36. The van der Waals surface area contributed by atoms with Gasteiger partial charge in [0.1, 0.15) is 6.07 Å². The first-order valence-corrected chi connectivity index (χ1v) is 7.78. The van der Waals surface area contributed by atoms with E-state index < -0.39 is 22.0 Å². The van der Waals surface area contributed by atoms with E-state index in [1.807, 2.05) is 0 Å². The number of nitriles is 1. The number of anilines is 1. The Morgan fingerprint density at radius 1 is 1.33 bits per heavy atom. The number of hydrogen-bond acceptors (Lipinski definition) is 5. The summed E-state index contributed by atoms with van der Waals surface area (Å²) in [5.74, 6) is -0.442. The van der Waals surface area contributed by atoms with Gasteiger partial charge in [0.15, 0.2) is 0 Å². The van der Waals surface area contributed by atoms with Crippen molar-refractivity contribution in [1.29, 1.82) is 5.26 Å². The molecule has 0 aromatic heterocycles. The molecule has 1 unspecified atom stereocenters. The second-order valence-corrected chi connectivity index (χ2v) is 6.56. The fourth-order valence-electron chi connectivity index (χ4n) is 1.63. The number of nitrogens with zero attached hydrogens (tertiary/aromatic N) is 1. The number of sulfonamides is 1. The van der Waals surface area contributed by atoms with Gasteiger partial charge in [-0.2, -0.15) is 9.98 Å². The number of hydrogen-bond donors (Lipinski definition) is 3. The minimum atomic E-state index is -3.99. The lowest BCUT2D eigenvalue weighted by Gasteiger charge is -2.16. The Labute approximate surface area is 124 Å². The number of nitrogens with two attached hydrogens (primary N) is 1. The molecule has 0 aliphatic carbocycles. The van der Waals surface area contributed by atoms with Crippen LogP contribution in [0.15, 0.2) is 23.1 Å². The fourth-order valence-corrected chi connectivity index (χ4v) is 2.97. The molecule has 0 saturated carbocycles. The van der Waals surface area contributed by atoms with Crippen LogP contribution in [-0.4, -0.2) is 26.4 Å². The molecule has 0 radical (unpaired) electrons. The normalized spacial score (nSPS) is 12.7. The Bertz CT molecular complexity index is 677. The molecule has 1 atom stereocenters. The van der Waals surface area contributed by atoms with E-state index in [-0.39, 0.29) is 22.2 Å². The lowest BCUT2D eigenvalue weighted by Crippen LogP contribution is -2.46. The van der Waals surface area contributed by atoms with Gasteiger partial charge in [0.2, 0.25) is 15.9 Å². The van der Waals surface area contributed by atoms with Crippen LogP contribution in [0.4, 0.5) is 5.69 Å². The number of carbonyl (C=O) groups excluding carboxylic acids is 1. The van der Waals surface area contributed by atoms with Crippen molar-refractivity contribution in [3.8, 4) is 6.07 Å². The van der Waals surface area contributed by atoms with Crippen LogP contribution in [0.2, 0.25) is 0 Å².